The lowest BCUT2D eigenvalue weighted by Gasteiger charge is -2.17. The molecule has 8 nitrogen and oxygen atoms in total. The molecule has 0 aliphatic heterocycles. The highest BCUT2D eigenvalue weighted by Crippen LogP contribution is 2.24. The van der Waals surface area contributed by atoms with Crippen molar-refractivity contribution in [1.82, 2.24) is 19.9 Å². The minimum Gasteiger partial charge on any atom is -0.318 e. The van der Waals surface area contributed by atoms with E-state index in [0.29, 0.717) is 11.4 Å². The third kappa shape index (κ3) is 5.02. The van der Waals surface area contributed by atoms with E-state index in [1.165, 1.54) is 0 Å². The number of aryl methyl sites for hydroxylation is 1. The number of benzene rings is 2. The van der Waals surface area contributed by atoms with Crippen molar-refractivity contribution >= 4 is 21.6 Å². The summed E-state index contributed by atoms with van der Waals surface area (Å²) in [5, 5.41) is 8.33. The van der Waals surface area contributed by atoms with Crippen molar-refractivity contribution in [2.45, 2.75) is 24.0 Å². The number of aromatic amines is 1. The Hall–Kier alpha value is -3.25. The fourth-order valence-electron chi connectivity index (χ4n) is 2.55. The minimum absolute atomic E-state index is 0.194. The Morgan fingerprint density at radius 3 is 2.23 bits per heavy atom. The second-order valence-electron chi connectivity index (χ2n) is 6.22. The van der Waals surface area contributed by atoms with Gasteiger partial charge < -0.3 is 5.32 Å². The van der Waals surface area contributed by atoms with E-state index in [2.05, 4.69) is 19.9 Å². The van der Waals surface area contributed by atoms with Gasteiger partial charge in [0.15, 0.2) is 5.82 Å². The van der Waals surface area contributed by atoms with E-state index in [-0.39, 0.29) is 16.4 Å². The van der Waals surface area contributed by atoms with Crippen LogP contribution in [0, 0.1) is 6.92 Å². The van der Waals surface area contributed by atoms with Crippen molar-refractivity contribution in [3.8, 4) is 0 Å². The molecule has 0 radical (unpaired) electrons. The number of sulfonamides is 1. The van der Waals surface area contributed by atoms with E-state index >= 15 is 0 Å². The number of anilines is 1. The van der Waals surface area contributed by atoms with Gasteiger partial charge in [-0.1, -0.05) is 30.3 Å². The largest absolute Gasteiger partial charge is 0.471 e. The molecule has 1 atom stereocenters. The summed E-state index contributed by atoms with van der Waals surface area (Å²) in [6.45, 7) is 1.67. The second-order valence-corrected chi connectivity index (χ2v) is 7.93. The maximum absolute atomic E-state index is 12.8. The number of hydrogen-bond acceptors (Lipinski definition) is 5. The molecule has 1 heterocycles. The van der Waals surface area contributed by atoms with Gasteiger partial charge in [-0.2, -0.15) is 23.0 Å². The molecule has 2 aromatic carbocycles. The lowest BCUT2D eigenvalue weighted by Crippen LogP contribution is -2.31. The number of aromatic nitrogens is 3. The number of alkyl halides is 3. The van der Waals surface area contributed by atoms with E-state index in [0.717, 1.165) is 24.3 Å². The number of halogens is 3. The molecule has 1 amide bonds. The van der Waals surface area contributed by atoms with Crippen LogP contribution in [0.25, 0.3) is 0 Å². The summed E-state index contributed by atoms with van der Waals surface area (Å²) in [6.07, 6.45) is -5.05. The third-order valence-electron chi connectivity index (χ3n) is 3.96. The Balaban J connectivity index is 1.85. The predicted octanol–water partition coefficient (Wildman–Crippen LogP) is 2.68. The predicted molar refractivity (Wildman–Crippen MR) is 101 cm³/mol. The first-order valence-electron chi connectivity index (χ1n) is 8.51. The molecular weight excluding hydrogens is 423 g/mol. The summed E-state index contributed by atoms with van der Waals surface area (Å²) in [6, 6.07) is 12.0. The van der Waals surface area contributed by atoms with Crippen LogP contribution in [-0.2, 0) is 14.8 Å². The summed E-state index contributed by atoms with van der Waals surface area (Å²) >= 11 is 0. The van der Waals surface area contributed by atoms with E-state index in [1.807, 2.05) is 0 Å². The van der Waals surface area contributed by atoms with Gasteiger partial charge in [0.2, 0.25) is 10.0 Å². The first-order chi connectivity index (χ1) is 14.1. The van der Waals surface area contributed by atoms with Gasteiger partial charge in [0.1, 0.15) is 11.9 Å². The standard InChI is InChI=1S/C18H16F3N5O3S/c1-11-22-16(25-24-11)15(12-5-3-2-4-6-12)26-30(28,29)14-9-7-13(8-10-14)23-17(27)18(19,20)21/h2-10,15,26H,1H3,(H,23,27)(H,22,24,25). The zero-order chi connectivity index (χ0) is 21.9. The zero-order valence-corrected chi connectivity index (χ0v) is 16.3. The average molecular weight is 439 g/mol. The number of hydrogen-bond donors (Lipinski definition) is 3. The molecule has 30 heavy (non-hydrogen) atoms. The Labute approximate surface area is 169 Å². The van der Waals surface area contributed by atoms with E-state index in [9.17, 15) is 26.4 Å². The van der Waals surface area contributed by atoms with Gasteiger partial charge in [-0.15, -0.1) is 0 Å². The summed E-state index contributed by atoms with van der Waals surface area (Å²) in [5.41, 5.74) is 0.398. The fourth-order valence-corrected chi connectivity index (χ4v) is 3.73. The van der Waals surface area contributed by atoms with E-state index in [1.54, 1.807) is 42.6 Å². The molecular formula is C18H16F3N5O3S. The van der Waals surface area contributed by atoms with Crippen LogP contribution < -0.4 is 10.0 Å². The molecule has 0 fully saturated rings. The van der Waals surface area contributed by atoms with Gasteiger partial charge in [0.05, 0.1) is 4.90 Å². The lowest BCUT2D eigenvalue weighted by molar-refractivity contribution is -0.167. The summed E-state index contributed by atoms with van der Waals surface area (Å²) in [5.74, 6) is -1.45. The van der Waals surface area contributed by atoms with Gasteiger partial charge in [0.25, 0.3) is 0 Å². The Morgan fingerprint density at radius 2 is 1.70 bits per heavy atom. The first kappa shape index (κ1) is 21.5. The highest BCUT2D eigenvalue weighted by atomic mass is 32.2. The molecule has 0 aliphatic carbocycles. The summed E-state index contributed by atoms with van der Waals surface area (Å²) < 4.78 is 65.2. The number of H-pyrrole nitrogens is 1. The monoisotopic (exact) mass is 439 g/mol. The van der Waals surface area contributed by atoms with Gasteiger partial charge in [-0.05, 0) is 36.8 Å². The van der Waals surface area contributed by atoms with Crippen molar-refractivity contribution < 1.29 is 26.4 Å². The SMILES string of the molecule is Cc1nc(C(NS(=O)(=O)c2ccc(NC(=O)C(F)(F)F)cc2)c2ccccc2)n[nH]1. The normalized spacial score (nSPS) is 13.1. The number of carbonyl (C=O) groups excluding carboxylic acids is 1. The van der Waals surface area contributed by atoms with Crippen LogP contribution in [-0.4, -0.2) is 35.7 Å². The first-order valence-corrected chi connectivity index (χ1v) is 9.99. The molecule has 0 aliphatic rings. The molecule has 1 unspecified atom stereocenters. The third-order valence-corrected chi connectivity index (χ3v) is 5.40. The van der Waals surface area contributed by atoms with Crippen LogP contribution in [0.3, 0.4) is 0 Å². The minimum atomic E-state index is -5.05. The van der Waals surface area contributed by atoms with Crippen LogP contribution in [0.2, 0.25) is 0 Å². The Morgan fingerprint density at radius 1 is 1.07 bits per heavy atom. The summed E-state index contributed by atoms with van der Waals surface area (Å²) in [4.78, 5) is 15.0. The smallest absolute Gasteiger partial charge is 0.318 e. The molecule has 3 aromatic rings. The van der Waals surface area contributed by atoms with E-state index < -0.39 is 28.1 Å². The average Bonchev–Trinajstić information content (AvgIpc) is 3.12. The van der Waals surface area contributed by atoms with Crippen molar-refractivity contribution in [2.24, 2.45) is 0 Å². The number of carbonyl (C=O) groups is 1. The Kier molecular flexibility index (Phi) is 5.89. The number of amides is 1. The van der Waals surface area contributed by atoms with Crippen molar-refractivity contribution in [3.63, 3.8) is 0 Å². The maximum atomic E-state index is 12.8. The van der Waals surface area contributed by atoms with Crippen LogP contribution in [0.15, 0.2) is 59.5 Å². The quantitative estimate of drug-likeness (QED) is 0.546. The van der Waals surface area contributed by atoms with E-state index in [4.69, 9.17) is 0 Å². The second kappa shape index (κ2) is 8.24. The van der Waals surface area contributed by atoms with Crippen LogP contribution in [0.5, 0.6) is 0 Å². The van der Waals surface area contributed by atoms with Gasteiger partial charge in [-0.3, -0.25) is 9.89 Å². The van der Waals surface area contributed by atoms with Gasteiger partial charge in [0, 0.05) is 5.69 Å². The molecule has 1 aromatic heterocycles. The topological polar surface area (TPSA) is 117 Å². The molecule has 0 bridgehead atoms. The molecule has 0 saturated heterocycles. The lowest BCUT2D eigenvalue weighted by atomic mass is 10.1. The molecule has 158 valence electrons. The van der Waals surface area contributed by atoms with Crippen molar-refractivity contribution in [1.29, 1.82) is 0 Å². The van der Waals surface area contributed by atoms with Crippen LogP contribution in [0.4, 0.5) is 18.9 Å². The Bertz CT molecular complexity index is 1130. The number of nitrogens with one attached hydrogen (secondary N) is 3. The highest BCUT2D eigenvalue weighted by Gasteiger charge is 2.38. The zero-order valence-electron chi connectivity index (χ0n) is 15.4. The van der Waals surface area contributed by atoms with Crippen molar-refractivity contribution in [2.75, 3.05) is 5.32 Å². The molecule has 3 rings (SSSR count). The molecule has 12 heteroatoms. The van der Waals surface area contributed by atoms with Crippen molar-refractivity contribution in [3.05, 3.63) is 71.8 Å². The molecule has 3 N–H and O–H groups in total. The summed E-state index contributed by atoms with van der Waals surface area (Å²) in [7, 11) is -4.10. The molecule has 0 spiro atoms. The highest BCUT2D eigenvalue weighted by molar-refractivity contribution is 7.89. The maximum Gasteiger partial charge on any atom is 0.471 e. The van der Waals surface area contributed by atoms with Gasteiger partial charge >= 0.3 is 12.1 Å². The van der Waals surface area contributed by atoms with Crippen LogP contribution >= 0.6 is 0 Å². The number of nitrogens with zero attached hydrogens (tertiary/aromatic N) is 2. The number of rotatable bonds is 6. The van der Waals surface area contributed by atoms with Gasteiger partial charge in [-0.25, -0.2) is 13.4 Å². The van der Waals surface area contributed by atoms with Crippen LogP contribution in [0.1, 0.15) is 23.3 Å². The fraction of sp³-hybridized carbons (Fsp3) is 0.167. The molecule has 0 saturated carbocycles.